The van der Waals surface area contributed by atoms with E-state index < -0.39 is 0 Å². The highest BCUT2D eigenvalue weighted by atomic mass is 16.6. The van der Waals surface area contributed by atoms with E-state index in [4.69, 9.17) is 4.84 Å². The zero-order valence-electron chi connectivity index (χ0n) is 13.2. The zero-order valence-corrected chi connectivity index (χ0v) is 13.2. The molecule has 1 aliphatic heterocycles. The Morgan fingerprint density at radius 1 is 0.952 bits per heavy atom. The van der Waals surface area contributed by atoms with Crippen molar-refractivity contribution in [1.82, 2.24) is 9.97 Å². The van der Waals surface area contributed by atoms with Crippen molar-refractivity contribution >= 4 is 5.71 Å². The van der Waals surface area contributed by atoms with Crippen LogP contribution in [0.25, 0.3) is 0 Å². The molecule has 2 aromatic rings. The summed E-state index contributed by atoms with van der Waals surface area (Å²) in [6, 6.07) is 7.79. The highest BCUT2D eigenvalue weighted by Crippen LogP contribution is 2.28. The SMILES string of the molecule is CC.CC.c1cncc(C2=NOC(c3cccnc3)C2)c1. The van der Waals surface area contributed by atoms with Crippen LogP contribution >= 0.6 is 0 Å². The minimum atomic E-state index is -0.0288. The fraction of sp³-hybridized carbons (Fsp3) is 0.353. The Morgan fingerprint density at radius 3 is 2.19 bits per heavy atom. The van der Waals surface area contributed by atoms with E-state index in [1.165, 1.54) is 0 Å². The highest BCUT2D eigenvalue weighted by Gasteiger charge is 2.23. The van der Waals surface area contributed by atoms with E-state index in [9.17, 15) is 0 Å². The van der Waals surface area contributed by atoms with Gasteiger partial charge in [0.05, 0.1) is 5.71 Å². The van der Waals surface area contributed by atoms with Crippen molar-refractivity contribution in [3.8, 4) is 0 Å². The molecule has 0 spiro atoms. The van der Waals surface area contributed by atoms with Crippen molar-refractivity contribution in [1.29, 1.82) is 0 Å². The van der Waals surface area contributed by atoms with Crippen molar-refractivity contribution in [2.45, 2.75) is 40.2 Å². The maximum absolute atomic E-state index is 5.43. The Hall–Kier alpha value is -2.23. The number of aromatic nitrogens is 2. The molecule has 0 aromatic carbocycles. The minimum absolute atomic E-state index is 0.0288. The van der Waals surface area contributed by atoms with Crippen LogP contribution in [0, 0.1) is 0 Å². The molecule has 3 rings (SSSR count). The molecular formula is C17H23N3O. The molecule has 112 valence electrons. The lowest BCUT2D eigenvalue weighted by molar-refractivity contribution is 0.0855. The molecule has 3 heterocycles. The summed E-state index contributed by atoms with van der Waals surface area (Å²) < 4.78 is 0. The van der Waals surface area contributed by atoms with E-state index in [1.807, 2.05) is 58.2 Å². The Balaban J connectivity index is 0.000000510. The molecule has 21 heavy (non-hydrogen) atoms. The standard InChI is InChI=1S/C13H11N3O.2C2H6/c1-3-10(8-14-5-1)12-7-13(17-16-12)11-4-2-6-15-9-11;2*1-2/h1-6,8-9,13H,7H2;2*1-2H3. The van der Waals surface area contributed by atoms with Crippen LogP contribution in [-0.4, -0.2) is 15.7 Å². The number of hydrogen-bond donors (Lipinski definition) is 0. The molecule has 0 bridgehead atoms. The maximum Gasteiger partial charge on any atom is 0.159 e. The van der Waals surface area contributed by atoms with Crippen LogP contribution in [0.15, 0.2) is 54.2 Å². The molecule has 1 unspecified atom stereocenters. The largest absolute Gasteiger partial charge is 0.387 e. The van der Waals surface area contributed by atoms with Crippen LogP contribution in [0.3, 0.4) is 0 Å². The van der Waals surface area contributed by atoms with Gasteiger partial charge >= 0.3 is 0 Å². The van der Waals surface area contributed by atoms with Crippen LogP contribution < -0.4 is 0 Å². The second kappa shape index (κ2) is 9.64. The van der Waals surface area contributed by atoms with E-state index in [1.54, 1.807) is 18.6 Å². The molecule has 0 aliphatic carbocycles. The second-order valence-corrected chi connectivity index (χ2v) is 3.86. The summed E-state index contributed by atoms with van der Waals surface area (Å²) in [6.07, 6.45) is 7.84. The van der Waals surface area contributed by atoms with E-state index in [-0.39, 0.29) is 6.10 Å². The van der Waals surface area contributed by atoms with Crippen molar-refractivity contribution in [3.63, 3.8) is 0 Å². The normalized spacial score (nSPS) is 15.6. The van der Waals surface area contributed by atoms with Crippen LogP contribution in [0.4, 0.5) is 0 Å². The van der Waals surface area contributed by atoms with Crippen molar-refractivity contribution < 1.29 is 4.84 Å². The zero-order chi connectivity index (χ0) is 15.5. The molecule has 0 radical (unpaired) electrons. The number of oxime groups is 1. The summed E-state index contributed by atoms with van der Waals surface area (Å²) in [5.74, 6) is 0. The fourth-order valence-corrected chi connectivity index (χ4v) is 1.83. The van der Waals surface area contributed by atoms with Gasteiger partial charge in [-0.3, -0.25) is 9.97 Å². The third kappa shape index (κ3) is 4.67. The Labute approximate surface area is 126 Å². The average Bonchev–Trinajstić information content (AvgIpc) is 3.10. The van der Waals surface area contributed by atoms with Gasteiger partial charge in [0.1, 0.15) is 0 Å². The fourth-order valence-electron chi connectivity index (χ4n) is 1.83. The van der Waals surface area contributed by atoms with Gasteiger partial charge in [0.2, 0.25) is 0 Å². The van der Waals surface area contributed by atoms with Crippen LogP contribution in [-0.2, 0) is 4.84 Å². The minimum Gasteiger partial charge on any atom is -0.387 e. The molecule has 0 amide bonds. The first-order valence-electron chi connectivity index (χ1n) is 7.46. The smallest absolute Gasteiger partial charge is 0.159 e. The van der Waals surface area contributed by atoms with Gasteiger partial charge in [-0.05, 0) is 18.2 Å². The quantitative estimate of drug-likeness (QED) is 0.822. The lowest BCUT2D eigenvalue weighted by atomic mass is 10.0. The monoisotopic (exact) mass is 285 g/mol. The lowest BCUT2D eigenvalue weighted by Crippen LogP contribution is -2.01. The van der Waals surface area contributed by atoms with E-state index >= 15 is 0 Å². The molecule has 0 saturated heterocycles. The molecule has 0 N–H and O–H groups in total. The molecular weight excluding hydrogens is 262 g/mol. The Kier molecular flexibility index (Phi) is 7.72. The van der Waals surface area contributed by atoms with Crippen LogP contribution in [0.2, 0.25) is 0 Å². The van der Waals surface area contributed by atoms with E-state index in [2.05, 4.69) is 15.1 Å². The van der Waals surface area contributed by atoms with Crippen molar-refractivity contribution in [3.05, 3.63) is 60.2 Å². The van der Waals surface area contributed by atoms with Crippen LogP contribution in [0.1, 0.15) is 51.3 Å². The lowest BCUT2D eigenvalue weighted by Gasteiger charge is -2.06. The Bertz CT molecular complexity index is 526. The van der Waals surface area contributed by atoms with Crippen molar-refractivity contribution in [2.24, 2.45) is 5.16 Å². The maximum atomic E-state index is 5.43. The van der Waals surface area contributed by atoms with Gasteiger partial charge < -0.3 is 4.84 Å². The topological polar surface area (TPSA) is 47.4 Å². The summed E-state index contributed by atoms with van der Waals surface area (Å²) in [4.78, 5) is 13.6. The molecule has 2 aromatic heterocycles. The summed E-state index contributed by atoms with van der Waals surface area (Å²) >= 11 is 0. The molecule has 4 nitrogen and oxygen atoms in total. The Morgan fingerprint density at radius 2 is 1.62 bits per heavy atom. The van der Waals surface area contributed by atoms with Gasteiger partial charge in [-0.1, -0.05) is 38.9 Å². The summed E-state index contributed by atoms with van der Waals surface area (Å²) in [7, 11) is 0. The van der Waals surface area contributed by atoms with Crippen LogP contribution in [0.5, 0.6) is 0 Å². The second-order valence-electron chi connectivity index (χ2n) is 3.86. The first kappa shape index (κ1) is 16.8. The number of rotatable bonds is 2. The van der Waals surface area contributed by atoms with Crippen molar-refractivity contribution in [2.75, 3.05) is 0 Å². The van der Waals surface area contributed by atoms with Gasteiger partial charge in [-0.15, -0.1) is 0 Å². The molecule has 0 fully saturated rings. The van der Waals surface area contributed by atoms with Gasteiger partial charge in [0, 0.05) is 42.3 Å². The van der Waals surface area contributed by atoms with Gasteiger partial charge in [-0.25, -0.2) is 0 Å². The van der Waals surface area contributed by atoms with Gasteiger partial charge in [-0.2, -0.15) is 0 Å². The number of hydrogen-bond acceptors (Lipinski definition) is 4. The summed E-state index contributed by atoms with van der Waals surface area (Å²) in [6.45, 7) is 8.00. The molecule has 0 saturated carbocycles. The first-order valence-corrected chi connectivity index (χ1v) is 7.46. The summed E-state index contributed by atoms with van der Waals surface area (Å²) in [5.41, 5.74) is 3.00. The first-order chi connectivity index (χ1) is 10.4. The van der Waals surface area contributed by atoms with Gasteiger partial charge in [0.25, 0.3) is 0 Å². The average molecular weight is 285 g/mol. The van der Waals surface area contributed by atoms with Gasteiger partial charge in [0.15, 0.2) is 6.10 Å². The summed E-state index contributed by atoms with van der Waals surface area (Å²) in [5, 5.41) is 4.11. The number of nitrogens with zero attached hydrogens (tertiary/aromatic N) is 3. The molecule has 4 heteroatoms. The molecule has 1 aliphatic rings. The predicted octanol–water partition coefficient (Wildman–Crippen LogP) is 4.39. The predicted molar refractivity (Wildman–Crippen MR) is 86.2 cm³/mol. The third-order valence-electron chi connectivity index (χ3n) is 2.72. The third-order valence-corrected chi connectivity index (χ3v) is 2.72. The number of pyridine rings is 2. The van der Waals surface area contributed by atoms with E-state index in [0.29, 0.717) is 0 Å². The van der Waals surface area contributed by atoms with E-state index in [0.717, 1.165) is 23.3 Å². The molecule has 1 atom stereocenters. The highest BCUT2D eigenvalue weighted by molar-refractivity contribution is 6.01.